The van der Waals surface area contributed by atoms with Gasteiger partial charge >= 0.3 is 0 Å². The first-order valence-electron chi connectivity index (χ1n) is 6.71. The molecule has 106 valence electrons. The van der Waals surface area contributed by atoms with Crippen molar-refractivity contribution in [1.29, 1.82) is 0 Å². The van der Waals surface area contributed by atoms with Crippen molar-refractivity contribution in [3.63, 3.8) is 0 Å². The summed E-state index contributed by atoms with van der Waals surface area (Å²) in [6.07, 6.45) is 2.11. The Morgan fingerprint density at radius 3 is 2.45 bits per heavy atom. The highest BCUT2D eigenvalue weighted by molar-refractivity contribution is 8.06. The average Bonchev–Trinajstić information content (AvgIpc) is 2.43. The normalized spacial score (nSPS) is 11.7. The standard InChI is InChI=1S/C16H18O3S/c1-13(17)20(18,19)12-5-4-8-15-10-6-9-14-7-2-3-11-16(14)15/h2-3,6-7,9-11H,4-5,8,12H2,1H3. The van der Waals surface area contributed by atoms with E-state index in [0.717, 1.165) is 19.8 Å². The van der Waals surface area contributed by atoms with Crippen LogP contribution in [0.15, 0.2) is 42.5 Å². The van der Waals surface area contributed by atoms with Gasteiger partial charge in [0.15, 0.2) is 0 Å². The molecular weight excluding hydrogens is 272 g/mol. The maximum Gasteiger partial charge on any atom is 0.243 e. The predicted octanol–water partition coefficient (Wildman–Crippen LogP) is 3.12. The van der Waals surface area contributed by atoms with Gasteiger partial charge in [0.25, 0.3) is 0 Å². The van der Waals surface area contributed by atoms with Gasteiger partial charge in [0.05, 0.1) is 5.75 Å². The van der Waals surface area contributed by atoms with E-state index in [4.69, 9.17) is 0 Å². The molecule has 0 saturated heterocycles. The third-order valence-electron chi connectivity index (χ3n) is 3.43. The number of carbonyl (C=O) groups excluding carboxylic acids is 1. The monoisotopic (exact) mass is 290 g/mol. The van der Waals surface area contributed by atoms with Crippen molar-refractivity contribution in [2.24, 2.45) is 0 Å². The minimum atomic E-state index is -3.53. The van der Waals surface area contributed by atoms with Crippen LogP contribution in [0.1, 0.15) is 25.3 Å². The topological polar surface area (TPSA) is 51.2 Å². The zero-order valence-corrected chi connectivity index (χ0v) is 12.3. The molecule has 0 amide bonds. The van der Waals surface area contributed by atoms with Gasteiger partial charge in [-0.2, -0.15) is 0 Å². The van der Waals surface area contributed by atoms with Gasteiger partial charge in [-0.15, -0.1) is 0 Å². The molecule has 4 heteroatoms. The second-order valence-corrected chi connectivity index (χ2v) is 7.12. The molecule has 3 nitrogen and oxygen atoms in total. The van der Waals surface area contributed by atoms with Crippen molar-refractivity contribution in [1.82, 2.24) is 0 Å². The molecule has 0 heterocycles. The van der Waals surface area contributed by atoms with Gasteiger partial charge in [-0.05, 0) is 35.6 Å². The van der Waals surface area contributed by atoms with Gasteiger partial charge in [-0.3, -0.25) is 4.79 Å². The molecule has 0 radical (unpaired) electrons. The predicted molar refractivity (Wildman–Crippen MR) is 81.4 cm³/mol. The van der Waals surface area contributed by atoms with Gasteiger partial charge in [0, 0.05) is 6.92 Å². The molecule has 0 aliphatic rings. The summed E-state index contributed by atoms with van der Waals surface area (Å²) in [6, 6.07) is 14.3. The fourth-order valence-electron chi connectivity index (χ4n) is 2.26. The van der Waals surface area contributed by atoms with Gasteiger partial charge in [-0.1, -0.05) is 42.5 Å². The molecule has 0 N–H and O–H groups in total. The molecule has 0 aliphatic heterocycles. The fourth-order valence-corrected chi connectivity index (χ4v) is 3.13. The van der Waals surface area contributed by atoms with Crippen LogP contribution in [0.4, 0.5) is 0 Å². The van der Waals surface area contributed by atoms with E-state index < -0.39 is 15.0 Å². The van der Waals surface area contributed by atoms with E-state index in [9.17, 15) is 13.2 Å². The van der Waals surface area contributed by atoms with Crippen LogP contribution in [0, 0.1) is 0 Å². The largest absolute Gasteiger partial charge is 0.282 e. The van der Waals surface area contributed by atoms with E-state index in [2.05, 4.69) is 24.3 Å². The average molecular weight is 290 g/mol. The Morgan fingerprint density at radius 2 is 1.70 bits per heavy atom. The molecular formula is C16H18O3S. The Hall–Kier alpha value is -1.68. The Labute approximate surface area is 119 Å². The second-order valence-electron chi connectivity index (χ2n) is 4.91. The molecule has 0 atom stereocenters. The van der Waals surface area contributed by atoms with Gasteiger partial charge < -0.3 is 0 Å². The quantitative estimate of drug-likeness (QED) is 0.795. The molecule has 2 aromatic carbocycles. The maximum atomic E-state index is 11.4. The third kappa shape index (κ3) is 3.45. The number of fused-ring (bicyclic) bond motifs is 1. The summed E-state index contributed by atoms with van der Waals surface area (Å²) in [6.45, 7) is 1.11. The summed E-state index contributed by atoms with van der Waals surface area (Å²) in [5.74, 6) is -0.0485. The highest BCUT2D eigenvalue weighted by Crippen LogP contribution is 2.20. The smallest absolute Gasteiger partial charge is 0.243 e. The lowest BCUT2D eigenvalue weighted by molar-refractivity contribution is -0.109. The van der Waals surface area contributed by atoms with Crippen LogP contribution in [-0.4, -0.2) is 19.3 Å². The highest BCUT2D eigenvalue weighted by atomic mass is 32.2. The first-order valence-corrected chi connectivity index (χ1v) is 8.36. The highest BCUT2D eigenvalue weighted by Gasteiger charge is 2.15. The summed E-state index contributed by atoms with van der Waals surface area (Å²) in [5, 5.41) is 1.67. The summed E-state index contributed by atoms with van der Waals surface area (Å²) < 4.78 is 22.8. The first kappa shape index (κ1) is 14.7. The number of unbranched alkanes of at least 4 members (excludes halogenated alkanes) is 1. The summed E-state index contributed by atoms with van der Waals surface area (Å²) in [5.41, 5.74) is 1.23. The minimum absolute atomic E-state index is 0.0485. The number of carbonyl (C=O) groups is 1. The lowest BCUT2D eigenvalue weighted by Crippen LogP contribution is -2.15. The molecule has 0 aromatic heterocycles. The molecule has 0 saturated carbocycles. The number of hydrogen-bond acceptors (Lipinski definition) is 3. The van der Waals surface area contributed by atoms with Gasteiger partial charge in [0.2, 0.25) is 15.0 Å². The molecule has 2 aromatic rings. The number of aryl methyl sites for hydroxylation is 1. The van der Waals surface area contributed by atoms with Crippen molar-refractivity contribution in [3.8, 4) is 0 Å². The van der Waals surface area contributed by atoms with E-state index >= 15 is 0 Å². The molecule has 2 rings (SSSR count). The lowest BCUT2D eigenvalue weighted by Gasteiger charge is -2.06. The van der Waals surface area contributed by atoms with Crippen LogP contribution in [0.5, 0.6) is 0 Å². The van der Waals surface area contributed by atoms with Crippen molar-refractivity contribution in [2.45, 2.75) is 26.2 Å². The first-order chi connectivity index (χ1) is 9.50. The number of rotatable bonds is 5. The molecule has 0 bridgehead atoms. The van der Waals surface area contributed by atoms with Crippen LogP contribution in [-0.2, 0) is 21.1 Å². The zero-order chi connectivity index (χ0) is 14.6. The summed E-state index contributed by atoms with van der Waals surface area (Å²) >= 11 is 0. The summed E-state index contributed by atoms with van der Waals surface area (Å²) in [7, 11) is -3.53. The maximum absolute atomic E-state index is 11.4. The van der Waals surface area contributed by atoms with Crippen molar-refractivity contribution < 1.29 is 13.2 Å². The van der Waals surface area contributed by atoms with Gasteiger partial charge in [-0.25, -0.2) is 8.42 Å². The summed E-state index contributed by atoms with van der Waals surface area (Å²) in [4.78, 5) is 10.9. The Bertz CT molecular complexity index is 712. The SMILES string of the molecule is CC(=O)S(=O)(=O)CCCCc1cccc2ccccc12. The van der Waals surface area contributed by atoms with Crippen LogP contribution in [0.3, 0.4) is 0 Å². The minimum Gasteiger partial charge on any atom is -0.282 e. The van der Waals surface area contributed by atoms with E-state index in [1.807, 2.05) is 18.2 Å². The Balaban J connectivity index is 1.99. The number of sulfone groups is 1. The molecule has 0 unspecified atom stereocenters. The molecule has 20 heavy (non-hydrogen) atoms. The van der Waals surface area contributed by atoms with Crippen molar-refractivity contribution >= 4 is 25.7 Å². The fraction of sp³-hybridized carbons (Fsp3) is 0.312. The van der Waals surface area contributed by atoms with E-state index in [1.165, 1.54) is 16.3 Å². The van der Waals surface area contributed by atoms with Crippen LogP contribution in [0.25, 0.3) is 10.8 Å². The second kappa shape index (κ2) is 6.18. The molecule has 0 aliphatic carbocycles. The number of benzene rings is 2. The third-order valence-corrected chi connectivity index (χ3v) is 5.13. The Kier molecular flexibility index (Phi) is 4.55. The van der Waals surface area contributed by atoms with E-state index in [-0.39, 0.29) is 5.75 Å². The van der Waals surface area contributed by atoms with Crippen LogP contribution < -0.4 is 0 Å². The number of hydrogen-bond donors (Lipinski definition) is 0. The van der Waals surface area contributed by atoms with Gasteiger partial charge in [0.1, 0.15) is 0 Å². The molecule has 0 spiro atoms. The van der Waals surface area contributed by atoms with Crippen LogP contribution in [0.2, 0.25) is 0 Å². The molecule has 0 fully saturated rings. The van der Waals surface area contributed by atoms with Crippen molar-refractivity contribution in [2.75, 3.05) is 5.75 Å². The Morgan fingerprint density at radius 1 is 1.00 bits per heavy atom. The lowest BCUT2D eigenvalue weighted by atomic mass is 10.0. The van der Waals surface area contributed by atoms with E-state index in [1.54, 1.807) is 0 Å². The van der Waals surface area contributed by atoms with E-state index in [0.29, 0.717) is 6.42 Å². The van der Waals surface area contributed by atoms with Crippen molar-refractivity contribution in [3.05, 3.63) is 48.0 Å². The van der Waals surface area contributed by atoms with Crippen LogP contribution >= 0.6 is 0 Å². The zero-order valence-electron chi connectivity index (χ0n) is 11.5.